The van der Waals surface area contributed by atoms with E-state index >= 15 is 0 Å². The minimum Gasteiger partial charge on any atom is -0.323 e. The Balaban J connectivity index is 0.000000156. The van der Waals surface area contributed by atoms with Crippen LogP contribution in [0, 0.1) is 0 Å². The fraction of sp³-hybridized carbons (Fsp3) is 0.224. The molecule has 1 unspecified atom stereocenters. The van der Waals surface area contributed by atoms with E-state index in [4.69, 9.17) is 9.97 Å². The number of tetrazole rings is 2. The minimum absolute atomic E-state index is 0.444. The van der Waals surface area contributed by atoms with Crippen LogP contribution in [0.5, 0.6) is 0 Å². The number of aromatic nitrogens is 13. The number of hydrogen-bond donors (Lipinski definition) is 3. The predicted octanol–water partition coefficient (Wildman–Crippen LogP) is 11.6. The molecule has 12 rings (SSSR count). The molecule has 0 saturated carbocycles. The van der Waals surface area contributed by atoms with Crippen LogP contribution >= 0.6 is 0 Å². The van der Waals surface area contributed by atoms with Crippen LogP contribution in [-0.2, 0) is 25.9 Å². The van der Waals surface area contributed by atoms with E-state index in [-0.39, 0.29) is 0 Å². The summed E-state index contributed by atoms with van der Waals surface area (Å²) in [6.07, 6.45) is 9.76. The van der Waals surface area contributed by atoms with Crippen molar-refractivity contribution < 1.29 is 0 Å². The van der Waals surface area contributed by atoms with E-state index in [0.29, 0.717) is 17.7 Å². The molecule has 5 aromatic heterocycles. The number of unbranched alkanes of at least 4 members (excludes halogenated alkanes) is 1. The molecule has 6 heterocycles. The van der Waals surface area contributed by atoms with Crippen molar-refractivity contribution in [2.75, 3.05) is 6.54 Å². The Morgan fingerprint density at radius 2 is 1.12 bits per heavy atom. The molecule has 0 radical (unpaired) electrons. The predicted molar refractivity (Wildman–Crippen MR) is 284 cm³/mol. The number of rotatable bonds is 14. The summed E-state index contributed by atoms with van der Waals surface area (Å²) < 4.78 is 4.74. The van der Waals surface area contributed by atoms with Crippen molar-refractivity contribution in [3.8, 4) is 56.3 Å². The van der Waals surface area contributed by atoms with Crippen molar-refractivity contribution in [2.24, 2.45) is 0 Å². The van der Waals surface area contributed by atoms with E-state index < -0.39 is 0 Å². The van der Waals surface area contributed by atoms with Crippen LogP contribution < -0.4 is 5.32 Å². The number of aromatic amines is 2. The summed E-state index contributed by atoms with van der Waals surface area (Å²) in [4.78, 5) is 14.5. The molecule has 1 saturated heterocycles. The number of fused-ring (bicyclic) bond motifs is 2. The molecule has 1 fully saturated rings. The van der Waals surface area contributed by atoms with E-state index in [9.17, 15) is 0 Å². The molecule has 0 aliphatic carbocycles. The molecule has 1 aliphatic heterocycles. The molecule has 14 heteroatoms. The summed E-state index contributed by atoms with van der Waals surface area (Å²) in [5, 5.41) is 32.9. The number of aryl methyl sites for hydroxylation is 2. The third-order valence-corrected chi connectivity index (χ3v) is 13.7. The Kier molecular flexibility index (Phi) is 13.6. The van der Waals surface area contributed by atoms with Gasteiger partial charge in [-0.25, -0.2) is 9.97 Å². The molecular formula is C58H56N14. The molecule has 11 aromatic rings. The normalized spacial score (nSPS) is 13.6. The van der Waals surface area contributed by atoms with Gasteiger partial charge < -0.3 is 14.5 Å². The van der Waals surface area contributed by atoms with Crippen LogP contribution in [0.2, 0.25) is 0 Å². The summed E-state index contributed by atoms with van der Waals surface area (Å²) in [6, 6.07) is 53.4. The van der Waals surface area contributed by atoms with Crippen molar-refractivity contribution in [2.45, 2.75) is 77.9 Å². The smallest absolute Gasteiger partial charge is 0.205 e. The van der Waals surface area contributed by atoms with E-state index in [1.165, 1.54) is 47.3 Å². The first-order valence-corrected chi connectivity index (χ1v) is 25.1. The molecule has 1 atom stereocenters. The largest absolute Gasteiger partial charge is 0.323 e. The van der Waals surface area contributed by atoms with Gasteiger partial charge >= 0.3 is 0 Å². The highest BCUT2D eigenvalue weighted by Gasteiger charge is 2.19. The fourth-order valence-corrected chi connectivity index (χ4v) is 9.91. The van der Waals surface area contributed by atoms with Crippen molar-refractivity contribution in [1.29, 1.82) is 0 Å². The molecule has 0 amide bonds. The average molecular weight is 949 g/mol. The summed E-state index contributed by atoms with van der Waals surface area (Å²) >= 11 is 0. The zero-order chi connectivity index (χ0) is 48.6. The lowest BCUT2D eigenvalue weighted by Gasteiger charge is -2.24. The zero-order valence-corrected chi connectivity index (χ0v) is 40.6. The van der Waals surface area contributed by atoms with Gasteiger partial charge in [-0.2, -0.15) is 10.4 Å². The van der Waals surface area contributed by atoms with Crippen LogP contribution in [0.1, 0.15) is 80.3 Å². The molecule has 6 aromatic carbocycles. The second-order valence-electron chi connectivity index (χ2n) is 18.3. The molecule has 72 heavy (non-hydrogen) atoms. The first kappa shape index (κ1) is 45.9. The Bertz CT molecular complexity index is 3520. The van der Waals surface area contributed by atoms with Gasteiger partial charge in [-0.05, 0) is 112 Å². The van der Waals surface area contributed by atoms with Gasteiger partial charge in [0.25, 0.3) is 0 Å². The Morgan fingerprint density at radius 3 is 1.68 bits per heavy atom. The van der Waals surface area contributed by atoms with Gasteiger partial charge in [-0.1, -0.05) is 142 Å². The van der Waals surface area contributed by atoms with Gasteiger partial charge in [-0.3, -0.25) is 4.98 Å². The second-order valence-corrected chi connectivity index (χ2v) is 18.3. The maximum atomic E-state index is 5.06. The number of nitrogens with zero attached hydrogens (tertiary/aromatic N) is 11. The van der Waals surface area contributed by atoms with Gasteiger partial charge in [0.15, 0.2) is 0 Å². The third-order valence-electron chi connectivity index (χ3n) is 13.7. The Labute approximate surface area is 418 Å². The van der Waals surface area contributed by atoms with E-state index in [2.05, 4.69) is 172 Å². The van der Waals surface area contributed by atoms with Gasteiger partial charge in [0.05, 0.1) is 27.8 Å². The zero-order valence-electron chi connectivity index (χ0n) is 40.6. The number of pyridine rings is 1. The van der Waals surface area contributed by atoms with Gasteiger partial charge in [-0.15, -0.1) is 20.4 Å². The van der Waals surface area contributed by atoms with Crippen LogP contribution in [0.3, 0.4) is 0 Å². The monoisotopic (exact) mass is 948 g/mol. The maximum absolute atomic E-state index is 5.06. The lowest BCUT2D eigenvalue weighted by molar-refractivity contribution is 0.412. The SMILES string of the molecule is CCCCc1nc2ccc(C3CCCCN3)cc2n1Cc1ccc(-c2ccccc2-c2nn[nH]n2)cc1.CCc1nc2ccc(-c3ccccn3)cc2n1Cc1ccc(-c2ccccc2-c2nn[nH]n2)cc1. The van der Waals surface area contributed by atoms with Gasteiger partial charge in [0.2, 0.25) is 11.6 Å². The quantitative estimate of drug-likeness (QED) is 0.0953. The first-order chi connectivity index (χ1) is 35.6. The number of imidazole rings is 2. The molecule has 0 bridgehead atoms. The summed E-state index contributed by atoms with van der Waals surface area (Å²) in [5.74, 6) is 3.45. The molecule has 14 nitrogen and oxygen atoms in total. The number of H-pyrrole nitrogens is 2. The highest BCUT2D eigenvalue weighted by Crippen LogP contribution is 2.33. The van der Waals surface area contributed by atoms with Crippen molar-refractivity contribution in [3.63, 3.8) is 0 Å². The third kappa shape index (κ3) is 9.81. The lowest BCUT2D eigenvalue weighted by Crippen LogP contribution is -2.26. The van der Waals surface area contributed by atoms with E-state index in [0.717, 1.165) is 112 Å². The molecule has 1 aliphatic rings. The highest BCUT2D eigenvalue weighted by atomic mass is 15.5. The van der Waals surface area contributed by atoms with Crippen LogP contribution in [0.25, 0.3) is 78.4 Å². The van der Waals surface area contributed by atoms with E-state index in [1.54, 1.807) is 0 Å². The molecule has 3 N–H and O–H groups in total. The summed E-state index contributed by atoms with van der Waals surface area (Å²) in [5.41, 5.74) is 16.7. The Hall–Kier alpha value is -8.49. The maximum Gasteiger partial charge on any atom is 0.205 e. The standard InChI is InChI=1S/C30H33N7.C28H23N7/c1-2-3-11-29-32-27-17-16-23(26-10-6-7-18-31-26)19-28(27)37(29)20-21-12-14-22(15-13-21)24-8-4-5-9-25(24)30-33-35-36-34-30;1-2-27-30-25-15-14-21(24-9-5-6-16-29-24)17-26(25)35(27)18-19-10-12-20(13-11-19)22-7-3-4-8-23(22)28-31-33-34-32-28/h4-5,8-9,12-17,19,26,31H,2-3,6-7,10-11,18,20H2,1H3,(H,33,34,35,36);3-17H,2,18H2,1H3,(H,31,32,33,34). The van der Waals surface area contributed by atoms with Gasteiger partial charge in [0.1, 0.15) is 11.6 Å². The summed E-state index contributed by atoms with van der Waals surface area (Å²) in [6.45, 7) is 7.05. The molecular weight excluding hydrogens is 893 g/mol. The minimum atomic E-state index is 0.444. The number of piperidine rings is 1. The second kappa shape index (κ2) is 21.2. The fourth-order valence-electron chi connectivity index (χ4n) is 9.91. The van der Waals surface area contributed by atoms with Crippen molar-refractivity contribution >= 4 is 22.1 Å². The van der Waals surface area contributed by atoms with Crippen molar-refractivity contribution in [1.82, 2.24) is 70.7 Å². The lowest BCUT2D eigenvalue weighted by atomic mass is 9.97. The van der Waals surface area contributed by atoms with Crippen LogP contribution in [0.15, 0.2) is 158 Å². The molecule has 0 spiro atoms. The first-order valence-electron chi connectivity index (χ1n) is 25.1. The highest BCUT2D eigenvalue weighted by molar-refractivity contribution is 5.83. The summed E-state index contributed by atoms with van der Waals surface area (Å²) in [7, 11) is 0. The number of nitrogens with one attached hydrogen (secondary N) is 3. The topological polar surface area (TPSA) is 169 Å². The van der Waals surface area contributed by atoms with Gasteiger partial charge in [0, 0.05) is 54.9 Å². The van der Waals surface area contributed by atoms with Crippen LogP contribution in [-0.4, -0.2) is 71.9 Å². The Morgan fingerprint density at radius 1 is 0.556 bits per heavy atom. The average Bonchev–Trinajstić information content (AvgIpc) is 4.30. The van der Waals surface area contributed by atoms with E-state index in [1.807, 2.05) is 60.8 Å². The number of benzene rings is 6. The molecule has 358 valence electrons. The van der Waals surface area contributed by atoms with Crippen molar-refractivity contribution in [3.05, 3.63) is 186 Å². The van der Waals surface area contributed by atoms with Crippen LogP contribution in [0.4, 0.5) is 0 Å². The number of hydrogen-bond acceptors (Lipinski definition) is 10.